The van der Waals surface area contributed by atoms with Crippen molar-refractivity contribution in [2.75, 3.05) is 5.43 Å². The Labute approximate surface area is 122 Å². The van der Waals surface area contributed by atoms with E-state index in [1.54, 1.807) is 0 Å². The smallest absolute Gasteiger partial charge is 0.253 e. The van der Waals surface area contributed by atoms with Gasteiger partial charge in [-0.1, -0.05) is 41.9 Å². The predicted octanol–water partition coefficient (Wildman–Crippen LogP) is 2.51. The van der Waals surface area contributed by atoms with Crippen LogP contribution >= 0.6 is 11.6 Å². The number of hydrogen-bond acceptors (Lipinski definition) is 4. The highest BCUT2D eigenvalue weighted by Gasteiger charge is 2.13. The maximum Gasteiger partial charge on any atom is 0.253 e. The largest absolute Gasteiger partial charge is 0.345 e. The monoisotopic (exact) mass is 290 g/mol. The van der Waals surface area contributed by atoms with Crippen LogP contribution in [0.25, 0.3) is 0 Å². The van der Waals surface area contributed by atoms with E-state index < -0.39 is 0 Å². The summed E-state index contributed by atoms with van der Waals surface area (Å²) in [6.45, 7) is 1.91. The molecule has 0 aliphatic rings. The second kappa shape index (κ2) is 6.36. The van der Waals surface area contributed by atoms with Crippen molar-refractivity contribution in [2.24, 2.45) is 5.84 Å². The molecule has 0 radical (unpaired) electrons. The van der Waals surface area contributed by atoms with E-state index in [9.17, 15) is 4.79 Å². The predicted molar refractivity (Wildman–Crippen MR) is 79.4 cm³/mol. The number of hydrazine groups is 1. The van der Waals surface area contributed by atoms with Crippen LogP contribution < -0.4 is 16.6 Å². The SMILES string of the molecule is CC(NC(=O)c1cnc(NN)c(Cl)c1)c1ccccc1. The van der Waals surface area contributed by atoms with E-state index in [0.717, 1.165) is 5.56 Å². The lowest BCUT2D eigenvalue weighted by atomic mass is 10.1. The molecule has 1 amide bonds. The molecule has 1 aromatic carbocycles. The summed E-state index contributed by atoms with van der Waals surface area (Å²) < 4.78 is 0. The lowest BCUT2D eigenvalue weighted by Crippen LogP contribution is -2.26. The van der Waals surface area contributed by atoms with Gasteiger partial charge >= 0.3 is 0 Å². The Kier molecular flexibility index (Phi) is 4.55. The fourth-order valence-electron chi connectivity index (χ4n) is 1.77. The van der Waals surface area contributed by atoms with Crippen molar-refractivity contribution in [1.82, 2.24) is 10.3 Å². The number of carbonyl (C=O) groups is 1. The van der Waals surface area contributed by atoms with Gasteiger partial charge in [-0.2, -0.15) is 0 Å². The molecule has 104 valence electrons. The van der Waals surface area contributed by atoms with Crippen LogP contribution in [-0.2, 0) is 0 Å². The molecule has 0 bridgehead atoms. The zero-order chi connectivity index (χ0) is 14.5. The van der Waals surface area contributed by atoms with Crippen LogP contribution in [0.4, 0.5) is 5.82 Å². The summed E-state index contributed by atoms with van der Waals surface area (Å²) in [6.07, 6.45) is 1.42. The summed E-state index contributed by atoms with van der Waals surface area (Å²) in [4.78, 5) is 16.1. The molecule has 20 heavy (non-hydrogen) atoms. The van der Waals surface area contributed by atoms with Gasteiger partial charge < -0.3 is 10.7 Å². The molecule has 4 N–H and O–H groups in total. The van der Waals surface area contributed by atoms with Gasteiger partial charge in [0.2, 0.25) is 0 Å². The van der Waals surface area contributed by atoms with Gasteiger partial charge in [0.05, 0.1) is 16.6 Å². The number of amides is 1. The molecule has 1 heterocycles. The van der Waals surface area contributed by atoms with Gasteiger partial charge in [-0.15, -0.1) is 0 Å². The normalized spacial score (nSPS) is 11.8. The van der Waals surface area contributed by atoms with Gasteiger partial charge in [0.1, 0.15) is 0 Å². The Bertz CT molecular complexity index is 603. The van der Waals surface area contributed by atoms with Crippen LogP contribution in [0.1, 0.15) is 28.9 Å². The Hall–Kier alpha value is -2.11. The maximum absolute atomic E-state index is 12.1. The van der Waals surface area contributed by atoms with Gasteiger partial charge in [-0.25, -0.2) is 10.8 Å². The lowest BCUT2D eigenvalue weighted by Gasteiger charge is -2.14. The van der Waals surface area contributed by atoms with Crippen molar-refractivity contribution in [2.45, 2.75) is 13.0 Å². The van der Waals surface area contributed by atoms with Crippen LogP contribution in [0.15, 0.2) is 42.6 Å². The average molecular weight is 291 g/mol. The summed E-state index contributed by atoms with van der Waals surface area (Å²) in [5, 5.41) is 3.19. The molecule has 0 saturated heterocycles. The summed E-state index contributed by atoms with van der Waals surface area (Å²) in [5.41, 5.74) is 3.77. The number of nitrogen functional groups attached to an aromatic ring is 1. The van der Waals surface area contributed by atoms with Crippen molar-refractivity contribution in [3.05, 3.63) is 58.7 Å². The van der Waals surface area contributed by atoms with E-state index in [-0.39, 0.29) is 11.9 Å². The second-order valence-corrected chi connectivity index (χ2v) is 4.71. The van der Waals surface area contributed by atoms with Crippen molar-refractivity contribution in [1.29, 1.82) is 0 Å². The molecule has 0 spiro atoms. The van der Waals surface area contributed by atoms with Gasteiger partial charge in [-0.05, 0) is 18.6 Å². The van der Waals surface area contributed by atoms with E-state index in [1.165, 1.54) is 12.3 Å². The number of nitrogens with one attached hydrogen (secondary N) is 2. The number of benzene rings is 1. The van der Waals surface area contributed by atoms with Crippen molar-refractivity contribution in [3.63, 3.8) is 0 Å². The highest BCUT2D eigenvalue weighted by Crippen LogP contribution is 2.19. The highest BCUT2D eigenvalue weighted by molar-refractivity contribution is 6.33. The third-order valence-corrected chi connectivity index (χ3v) is 3.18. The fraction of sp³-hybridized carbons (Fsp3) is 0.143. The third-order valence-electron chi connectivity index (χ3n) is 2.89. The van der Waals surface area contributed by atoms with E-state index in [0.29, 0.717) is 16.4 Å². The first-order valence-electron chi connectivity index (χ1n) is 6.09. The van der Waals surface area contributed by atoms with Gasteiger partial charge in [0.25, 0.3) is 5.91 Å². The Morgan fingerprint density at radius 3 is 2.65 bits per heavy atom. The molecule has 1 atom stereocenters. The lowest BCUT2D eigenvalue weighted by molar-refractivity contribution is 0.0939. The number of nitrogens with zero attached hydrogens (tertiary/aromatic N) is 1. The van der Waals surface area contributed by atoms with E-state index >= 15 is 0 Å². The van der Waals surface area contributed by atoms with Crippen LogP contribution in [0, 0.1) is 0 Å². The first-order chi connectivity index (χ1) is 9.61. The van der Waals surface area contributed by atoms with Gasteiger partial charge in [0.15, 0.2) is 5.82 Å². The molecule has 2 aromatic rings. The number of anilines is 1. The Balaban J connectivity index is 2.10. The maximum atomic E-state index is 12.1. The number of rotatable bonds is 4. The van der Waals surface area contributed by atoms with Crippen molar-refractivity contribution < 1.29 is 4.79 Å². The summed E-state index contributed by atoms with van der Waals surface area (Å²) in [5.74, 6) is 5.33. The summed E-state index contributed by atoms with van der Waals surface area (Å²) in [6, 6.07) is 11.1. The van der Waals surface area contributed by atoms with E-state index in [1.807, 2.05) is 37.3 Å². The molecule has 5 nitrogen and oxygen atoms in total. The minimum Gasteiger partial charge on any atom is -0.345 e. The standard InChI is InChI=1S/C14H15ClN4O/c1-9(10-5-3-2-4-6-10)18-14(20)11-7-12(15)13(19-16)17-8-11/h2-9H,16H2,1H3,(H,17,19)(H,18,20). The van der Waals surface area contributed by atoms with Crippen LogP contribution in [0.2, 0.25) is 5.02 Å². The first-order valence-corrected chi connectivity index (χ1v) is 6.47. The first kappa shape index (κ1) is 14.3. The van der Waals surface area contributed by atoms with Crippen LogP contribution in [0.5, 0.6) is 0 Å². The molecule has 6 heteroatoms. The number of nitrogens with two attached hydrogens (primary N) is 1. The zero-order valence-electron chi connectivity index (χ0n) is 10.9. The molecule has 2 rings (SSSR count). The third kappa shape index (κ3) is 3.26. The average Bonchev–Trinajstić information content (AvgIpc) is 2.48. The molecular weight excluding hydrogens is 276 g/mol. The minimum atomic E-state index is -0.237. The topological polar surface area (TPSA) is 80.0 Å². The fourth-order valence-corrected chi connectivity index (χ4v) is 1.99. The van der Waals surface area contributed by atoms with E-state index in [2.05, 4.69) is 15.7 Å². The molecule has 0 fully saturated rings. The van der Waals surface area contributed by atoms with Crippen molar-refractivity contribution in [3.8, 4) is 0 Å². The summed E-state index contributed by atoms with van der Waals surface area (Å²) >= 11 is 5.94. The molecule has 1 aromatic heterocycles. The zero-order valence-corrected chi connectivity index (χ0v) is 11.7. The number of pyridine rings is 1. The minimum absolute atomic E-state index is 0.102. The highest BCUT2D eigenvalue weighted by atomic mass is 35.5. The molecule has 1 unspecified atom stereocenters. The molecule has 0 aliphatic carbocycles. The van der Waals surface area contributed by atoms with Crippen molar-refractivity contribution >= 4 is 23.3 Å². The number of hydrogen-bond donors (Lipinski definition) is 3. The Morgan fingerprint density at radius 1 is 1.35 bits per heavy atom. The number of aromatic nitrogens is 1. The molecule has 0 saturated carbocycles. The molecule has 0 aliphatic heterocycles. The molecular formula is C14H15ClN4O. The van der Waals surface area contributed by atoms with E-state index in [4.69, 9.17) is 17.4 Å². The Morgan fingerprint density at radius 2 is 2.05 bits per heavy atom. The van der Waals surface area contributed by atoms with Crippen LogP contribution in [0.3, 0.4) is 0 Å². The summed E-state index contributed by atoms with van der Waals surface area (Å²) in [7, 11) is 0. The quantitative estimate of drug-likeness (QED) is 0.597. The van der Waals surface area contributed by atoms with Gasteiger partial charge in [0, 0.05) is 6.20 Å². The second-order valence-electron chi connectivity index (χ2n) is 4.30. The van der Waals surface area contributed by atoms with Gasteiger partial charge in [-0.3, -0.25) is 4.79 Å². The number of carbonyl (C=O) groups excluding carboxylic acids is 1. The number of halogens is 1. The van der Waals surface area contributed by atoms with Crippen LogP contribution in [-0.4, -0.2) is 10.9 Å².